The number of amides is 2. The van der Waals surface area contributed by atoms with Crippen LogP contribution in [0, 0.1) is 13.8 Å². The number of anilines is 2. The highest BCUT2D eigenvalue weighted by Gasteiger charge is 2.25. The van der Waals surface area contributed by atoms with Gasteiger partial charge in [0, 0.05) is 74.5 Å². The Morgan fingerprint density at radius 1 is 0.391 bits per heavy atom. The lowest BCUT2D eigenvalue weighted by Crippen LogP contribution is -2.25. The number of carbonyl (C=O) groups excluding carboxylic acids is 1. The molecule has 0 fully saturated rings. The first-order chi connectivity index (χ1) is 43.0. The highest BCUT2D eigenvalue weighted by Crippen LogP contribution is 2.44. The summed E-state index contributed by atoms with van der Waals surface area (Å²) >= 11 is 0. The molecule has 6 aromatic carbocycles. The van der Waals surface area contributed by atoms with Crippen LogP contribution >= 0.6 is 0 Å². The molecule has 2 amide bonds. The number of rotatable bonds is 26. The molecule has 0 saturated heterocycles. The van der Waals surface area contributed by atoms with Crippen LogP contribution in [0.15, 0.2) is 125 Å². The lowest BCUT2D eigenvalue weighted by atomic mass is 10.1. The zero-order valence-corrected chi connectivity index (χ0v) is 54.3. The fourth-order valence-corrected chi connectivity index (χ4v) is 10.0. The molecule has 0 radical (unpaired) electrons. The second kappa shape index (κ2) is 38.9. The molecule has 0 aliphatic heterocycles. The Balaban J connectivity index is 0.000000733. The molecule has 0 aromatic heterocycles. The Morgan fingerprint density at radius 2 is 0.663 bits per heavy atom. The summed E-state index contributed by atoms with van der Waals surface area (Å²) in [5.74, 6) is -1.46. The molecule has 0 atom stereocenters. The number of carbonyl (C=O) groups is 1. The summed E-state index contributed by atoms with van der Waals surface area (Å²) in [6, 6.07) is 15.3. The standard InChI is InChI=1S/C35H28N6O15S4.4C5H13NO2/c1-17-11-23(57(45,46)47)5-9-27(17)38-40-31-29(59(51,52)53)15-19-13-21(3-7-25(19)33(31)42)36-35(44)37-22-4-8-26-20(14-22)16-30(60(54,55)56)32(34(26)43)41-39-28-10-6-24(12-18(28)2)58(48,49)50;4*1-6(2-4-7)3-5-8/h3-16,42-43H,1-2H3,(H2,36,37,44)(H,45,46,47)(H,48,49,50)(H,51,52,53)(H,54,55,56);4*7-8H,2-5H2,1H3. The molecule has 6 rings (SSSR count). The first kappa shape index (κ1) is 81.2. The van der Waals surface area contributed by atoms with Gasteiger partial charge in [0.1, 0.15) is 21.2 Å². The van der Waals surface area contributed by atoms with Crippen molar-refractivity contribution in [3.05, 3.63) is 96.1 Å². The van der Waals surface area contributed by atoms with Crippen LogP contribution in [-0.4, -0.2) is 262 Å². The molecule has 0 unspecified atom stereocenters. The van der Waals surface area contributed by atoms with Crippen LogP contribution in [-0.2, 0) is 40.5 Å². The van der Waals surface area contributed by atoms with E-state index in [2.05, 4.69) is 31.1 Å². The Kier molecular flexibility index (Phi) is 34.3. The first-order valence-electron chi connectivity index (χ1n) is 27.3. The highest BCUT2D eigenvalue weighted by molar-refractivity contribution is 7.86. The quantitative estimate of drug-likeness (QED) is 0.0274. The second-order valence-electron chi connectivity index (χ2n) is 19.8. The fraction of sp³-hybridized carbons (Fsp3) is 0.400. The van der Waals surface area contributed by atoms with Gasteiger partial charge in [0.25, 0.3) is 40.5 Å². The highest BCUT2D eigenvalue weighted by atomic mass is 32.2. The molecular weight excluding hydrogens is 1300 g/mol. The number of likely N-dealkylation sites (N-methyl/N-ethyl adjacent to an activating group) is 4. The molecule has 0 saturated carbocycles. The topological polar surface area (TPSA) is 523 Å². The fourth-order valence-electron chi connectivity index (χ4n) is 7.56. The number of hydrogen-bond donors (Lipinski definition) is 16. The first-order valence-corrected chi connectivity index (χ1v) is 33.0. The van der Waals surface area contributed by atoms with Gasteiger partial charge in [-0.05, 0) is 149 Å². The van der Waals surface area contributed by atoms with Crippen LogP contribution in [0.5, 0.6) is 11.5 Å². The van der Waals surface area contributed by atoms with E-state index in [1.165, 1.54) is 62.4 Å². The maximum atomic E-state index is 13.1. The maximum Gasteiger partial charge on any atom is 0.323 e. The average Bonchev–Trinajstić information content (AvgIpc) is 0.780. The molecular formula is C55H80N10O23S4. The van der Waals surface area contributed by atoms with Crippen molar-refractivity contribution in [2.45, 2.75) is 33.4 Å². The number of benzene rings is 6. The number of azo groups is 2. The van der Waals surface area contributed by atoms with Crippen LogP contribution in [0.3, 0.4) is 0 Å². The van der Waals surface area contributed by atoms with Crippen LogP contribution in [0.1, 0.15) is 11.1 Å². The smallest absolute Gasteiger partial charge is 0.323 e. The van der Waals surface area contributed by atoms with Gasteiger partial charge in [0.05, 0.1) is 74.0 Å². The predicted molar refractivity (Wildman–Crippen MR) is 341 cm³/mol. The van der Waals surface area contributed by atoms with Gasteiger partial charge in [0.15, 0.2) is 11.5 Å². The molecule has 512 valence electrons. The number of urea groups is 1. The number of aryl methyl sites for hydroxylation is 2. The van der Waals surface area contributed by atoms with Crippen LogP contribution in [0.25, 0.3) is 21.5 Å². The molecule has 0 heterocycles. The third-order valence-electron chi connectivity index (χ3n) is 12.5. The summed E-state index contributed by atoms with van der Waals surface area (Å²) < 4.78 is 134. The third-order valence-corrected chi connectivity index (χ3v) is 15.9. The molecule has 16 N–H and O–H groups in total. The van der Waals surface area contributed by atoms with E-state index in [0.29, 0.717) is 52.4 Å². The van der Waals surface area contributed by atoms with Crippen LogP contribution < -0.4 is 10.6 Å². The van der Waals surface area contributed by atoms with E-state index in [-0.39, 0.29) is 108 Å². The third kappa shape index (κ3) is 27.3. The number of hydrogen-bond acceptors (Lipinski definition) is 27. The maximum absolute atomic E-state index is 13.1. The number of phenolic OH excluding ortho intramolecular Hbond substituents is 2. The van der Waals surface area contributed by atoms with E-state index >= 15 is 0 Å². The Labute approximate surface area is 532 Å². The zero-order valence-electron chi connectivity index (χ0n) is 51.0. The molecule has 6 aromatic rings. The number of nitrogens with one attached hydrogen (secondary N) is 2. The van der Waals surface area contributed by atoms with Gasteiger partial charge < -0.3 is 81.3 Å². The summed E-state index contributed by atoms with van der Waals surface area (Å²) in [4.78, 5) is 17.9. The summed E-state index contributed by atoms with van der Waals surface area (Å²) in [5.41, 5.74) is -0.760. The van der Waals surface area contributed by atoms with Gasteiger partial charge >= 0.3 is 6.03 Å². The molecule has 33 nitrogen and oxygen atoms in total. The number of aromatic hydroxyl groups is 2. The Hall–Kier alpha value is -6.93. The zero-order chi connectivity index (χ0) is 69.7. The monoisotopic (exact) mass is 1380 g/mol. The van der Waals surface area contributed by atoms with Crippen molar-refractivity contribution in [2.24, 2.45) is 20.5 Å². The Bertz CT molecular complexity index is 3610. The second-order valence-corrected chi connectivity index (χ2v) is 25.4. The number of phenols is 2. The number of aliphatic hydroxyl groups is 8. The molecule has 37 heteroatoms. The predicted octanol–water partition coefficient (Wildman–Crippen LogP) is 3.09. The minimum absolute atomic E-state index is 0.00252. The largest absolute Gasteiger partial charge is 0.505 e. The van der Waals surface area contributed by atoms with E-state index in [1.807, 2.05) is 47.8 Å². The van der Waals surface area contributed by atoms with E-state index < -0.39 is 89.0 Å². The summed E-state index contributed by atoms with van der Waals surface area (Å²) in [7, 11) is -11.8. The summed E-state index contributed by atoms with van der Waals surface area (Å²) in [6.45, 7) is 9.28. The lowest BCUT2D eigenvalue weighted by molar-refractivity contribution is 0.184. The van der Waals surface area contributed by atoms with Gasteiger partial charge in [-0.25, -0.2) is 4.79 Å². The minimum Gasteiger partial charge on any atom is -0.505 e. The van der Waals surface area contributed by atoms with Crippen molar-refractivity contribution in [2.75, 3.05) is 144 Å². The molecule has 0 aliphatic rings. The normalized spacial score (nSPS) is 12.0. The van der Waals surface area contributed by atoms with Crippen LogP contribution in [0.2, 0.25) is 0 Å². The van der Waals surface area contributed by atoms with Crippen molar-refractivity contribution in [1.29, 1.82) is 0 Å². The number of aliphatic hydroxyl groups excluding tert-OH is 8. The lowest BCUT2D eigenvalue weighted by Gasteiger charge is -2.13. The summed E-state index contributed by atoms with van der Waals surface area (Å²) in [6.07, 6.45) is 0. The van der Waals surface area contributed by atoms with Crippen molar-refractivity contribution in [1.82, 2.24) is 19.6 Å². The van der Waals surface area contributed by atoms with Gasteiger partial charge in [-0.3, -0.25) is 18.2 Å². The van der Waals surface area contributed by atoms with E-state index in [0.717, 1.165) is 36.4 Å². The van der Waals surface area contributed by atoms with Gasteiger partial charge in [-0.2, -0.15) is 43.9 Å². The van der Waals surface area contributed by atoms with Crippen molar-refractivity contribution in [3.8, 4) is 11.5 Å². The number of fused-ring (bicyclic) bond motifs is 2. The SMILES string of the molecule is CN(CCO)CCO.CN(CCO)CCO.CN(CCO)CCO.CN(CCO)CCO.Cc1cc(S(=O)(=O)O)ccc1N=Nc1c(S(=O)(=O)O)cc2cc(NC(=O)Nc3ccc4c(O)c(N=Nc5ccc(S(=O)(=O)O)cc5C)c(S(=O)(=O)O)cc4c3)ccc2c1O. The van der Waals surface area contributed by atoms with Crippen molar-refractivity contribution in [3.63, 3.8) is 0 Å². The van der Waals surface area contributed by atoms with Crippen LogP contribution in [0.4, 0.5) is 38.9 Å². The van der Waals surface area contributed by atoms with Gasteiger partial charge in [-0.15, -0.1) is 10.2 Å². The van der Waals surface area contributed by atoms with E-state index in [9.17, 15) is 66.9 Å². The molecule has 0 bridgehead atoms. The van der Waals surface area contributed by atoms with Crippen molar-refractivity contribution >= 4 is 102 Å². The number of nitrogens with zero attached hydrogens (tertiary/aromatic N) is 8. The molecule has 92 heavy (non-hydrogen) atoms. The van der Waals surface area contributed by atoms with Crippen molar-refractivity contribution < 1.29 is 108 Å². The Morgan fingerprint density at radius 3 is 0.891 bits per heavy atom. The average molecular weight is 1380 g/mol. The minimum atomic E-state index is -5.06. The van der Waals surface area contributed by atoms with Gasteiger partial charge in [0.2, 0.25) is 0 Å². The van der Waals surface area contributed by atoms with E-state index in [4.69, 9.17) is 40.9 Å². The van der Waals surface area contributed by atoms with Gasteiger partial charge in [-0.1, -0.05) is 0 Å². The van der Waals surface area contributed by atoms with E-state index in [1.54, 1.807) is 0 Å². The molecule has 0 spiro atoms. The molecule has 0 aliphatic carbocycles. The summed E-state index contributed by atoms with van der Waals surface area (Å²) in [5, 5.41) is 109.